The van der Waals surface area contributed by atoms with Gasteiger partial charge in [0.1, 0.15) is 0 Å². The molecule has 1 aliphatic rings. The van der Waals surface area contributed by atoms with Gasteiger partial charge in [-0.25, -0.2) is 13.1 Å². The average Bonchev–Trinajstić information content (AvgIpc) is 2.48. The SMILES string of the molecule is CC(=O)c1cccc(S(=O)(=O)NCCN2CCOCC2)c1.Cl. The zero-order valence-corrected chi connectivity index (χ0v) is 14.1. The van der Waals surface area contributed by atoms with Crippen LogP contribution in [0.4, 0.5) is 0 Å². The number of hydrogen-bond acceptors (Lipinski definition) is 5. The van der Waals surface area contributed by atoms with E-state index in [4.69, 9.17) is 4.74 Å². The molecule has 124 valence electrons. The lowest BCUT2D eigenvalue weighted by Crippen LogP contribution is -2.41. The monoisotopic (exact) mass is 348 g/mol. The van der Waals surface area contributed by atoms with Gasteiger partial charge in [0.05, 0.1) is 18.1 Å². The second kappa shape index (κ2) is 8.59. The van der Waals surface area contributed by atoms with E-state index in [1.54, 1.807) is 12.1 Å². The van der Waals surface area contributed by atoms with Gasteiger partial charge in [0.15, 0.2) is 5.78 Å². The smallest absolute Gasteiger partial charge is 0.240 e. The van der Waals surface area contributed by atoms with Crippen LogP contribution >= 0.6 is 12.4 Å². The van der Waals surface area contributed by atoms with Gasteiger partial charge in [-0.2, -0.15) is 0 Å². The summed E-state index contributed by atoms with van der Waals surface area (Å²) >= 11 is 0. The van der Waals surface area contributed by atoms with Gasteiger partial charge in [-0.15, -0.1) is 12.4 Å². The zero-order chi connectivity index (χ0) is 15.3. The molecule has 1 heterocycles. The fourth-order valence-electron chi connectivity index (χ4n) is 2.13. The van der Waals surface area contributed by atoms with Crippen LogP contribution in [0.3, 0.4) is 0 Å². The van der Waals surface area contributed by atoms with E-state index in [1.807, 2.05) is 0 Å². The Morgan fingerprint density at radius 1 is 1.32 bits per heavy atom. The van der Waals surface area contributed by atoms with Crippen LogP contribution in [0.5, 0.6) is 0 Å². The molecule has 0 atom stereocenters. The minimum Gasteiger partial charge on any atom is -0.379 e. The predicted octanol–water partition coefficient (Wildman–Crippen LogP) is 0.922. The number of rotatable bonds is 6. The summed E-state index contributed by atoms with van der Waals surface area (Å²) in [5.74, 6) is -0.152. The number of ether oxygens (including phenoxy) is 1. The number of nitrogens with one attached hydrogen (secondary N) is 1. The van der Waals surface area contributed by atoms with E-state index in [0.717, 1.165) is 13.1 Å². The fourth-order valence-corrected chi connectivity index (χ4v) is 3.19. The van der Waals surface area contributed by atoms with Crippen molar-refractivity contribution in [3.63, 3.8) is 0 Å². The lowest BCUT2D eigenvalue weighted by Gasteiger charge is -2.26. The van der Waals surface area contributed by atoms with Gasteiger partial charge in [0.25, 0.3) is 0 Å². The molecule has 1 aliphatic heterocycles. The van der Waals surface area contributed by atoms with Gasteiger partial charge in [-0.05, 0) is 19.1 Å². The summed E-state index contributed by atoms with van der Waals surface area (Å²) in [7, 11) is -3.58. The van der Waals surface area contributed by atoms with Crippen molar-refractivity contribution in [2.24, 2.45) is 0 Å². The Morgan fingerprint density at radius 2 is 2.00 bits per heavy atom. The number of Topliss-reactive ketones (excluding diaryl/α,β-unsaturated/α-hetero) is 1. The van der Waals surface area contributed by atoms with Crippen molar-refractivity contribution < 1.29 is 17.9 Å². The average molecular weight is 349 g/mol. The van der Waals surface area contributed by atoms with Crippen LogP contribution < -0.4 is 4.72 Å². The standard InChI is InChI=1S/C14H20N2O4S.ClH/c1-12(17)13-3-2-4-14(11-13)21(18,19)15-5-6-16-7-9-20-10-8-16;/h2-4,11,15H,5-10H2,1H3;1H. The van der Waals surface area contributed by atoms with E-state index < -0.39 is 10.0 Å². The molecule has 1 aromatic carbocycles. The molecule has 2 rings (SSSR count). The van der Waals surface area contributed by atoms with Crippen molar-refractivity contribution in [1.82, 2.24) is 9.62 Å². The first-order valence-corrected chi connectivity index (χ1v) is 8.38. The topological polar surface area (TPSA) is 75.7 Å². The highest BCUT2D eigenvalue weighted by Gasteiger charge is 2.16. The Morgan fingerprint density at radius 3 is 2.64 bits per heavy atom. The van der Waals surface area contributed by atoms with Crippen molar-refractivity contribution >= 4 is 28.2 Å². The van der Waals surface area contributed by atoms with Crippen LogP contribution in [0.2, 0.25) is 0 Å². The molecule has 1 aromatic rings. The molecule has 1 N–H and O–H groups in total. The second-order valence-corrected chi connectivity index (χ2v) is 6.70. The minimum absolute atomic E-state index is 0. The lowest BCUT2D eigenvalue weighted by molar-refractivity contribution is 0.0390. The summed E-state index contributed by atoms with van der Waals surface area (Å²) in [4.78, 5) is 13.6. The maximum atomic E-state index is 12.2. The molecule has 0 bridgehead atoms. The van der Waals surface area contributed by atoms with Crippen molar-refractivity contribution in [3.05, 3.63) is 29.8 Å². The van der Waals surface area contributed by atoms with Crippen LogP contribution in [-0.4, -0.2) is 58.5 Å². The molecule has 22 heavy (non-hydrogen) atoms. The minimum atomic E-state index is -3.58. The zero-order valence-electron chi connectivity index (χ0n) is 12.4. The molecule has 0 spiro atoms. The number of halogens is 1. The highest BCUT2D eigenvalue weighted by Crippen LogP contribution is 2.11. The molecule has 1 saturated heterocycles. The predicted molar refractivity (Wildman–Crippen MR) is 86.1 cm³/mol. The molecule has 1 fully saturated rings. The van der Waals surface area contributed by atoms with Gasteiger partial charge < -0.3 is 4.74 Å². The molecule has 6 nitrogen and oxygen atoms in total. The van der Waals surface area contributed by atoms with Crippen LogP contribution in [0.1, 0.15) is 17.3 Å². The molecule has 0 aromatic heterocycles. The van der Waals surface area contributed by atoms with E-state index in [1.165, 1.54) is 19.1 Å². The number of morpholine rings is 1. The largest absolute Gasteiger partial charge is 0.379 e. The molecule has 8 heteroatoms. The summed E-state index contributed by atoms with van der Waals surface area (Å²) in [6.45, 7) is 5.42. The quantitative estimate of drug-likeness (QED) is 0.774. The summed E-state index contributed by atoms with van der Waals surface area (Å²) in [6.07, 6.45) is 0. The third-order valence-electron chi connectivity index (χ3n) is 3.37. The summed E-state index contributed by atoms with van der Waals surface area (Å²) in [5, 5.41) is 0. The molecular formula is C14H21ClN2O4S. The Hall–Kier alpha value is -0.990. The van der Waals surface area contributed by atoms with Crippen LogP contribution in [-0.2, 0) is 14.8 Å². The van der Waals surface area contributed by atoms with E-state index in [2.05, 4.69) is 9.62 Å². The summed E-state index contributed by atoms with van der Waals surface area (Å²) < 4.78 is 32.2. The number of ketones is 1. The first kappa shape index (κ1) is 19.1. The lowest BCUT2D eigenvalue weighted by atomic mass is 10.2. The molecule has 0 amide bonds. The Balaban J connectivity index is 0.00000242. The molecule has 0 aliphatic carbocycles. The number of carbonyl (C=O) groups is 1. The number of sulfonamides is 1. The van der Waals surface area contributed by atoms with E-state index in [9.17, 15) is 13.2 Å². The summed E-state index contributed by atoms with van der Waals surface area (Å²) in [6, 6.07) is 6.07. The number of nitrogens with zero attached hydrogens (tertiary/aromatic N) is 1. The molecule has 0 radical (unpaired) electrons. The van der Waals surface area contributed by atoms with Gasteiger partial charge in [-0.1, -0.05) is 12.1 Å². The van der Waals surface area contributed by atoms with Crippen LogP contribution in [0.25, 0.3) is 0 Å². The Kier molecular flexibility index (Phi) is 7.44. The van der Waals surface area contributed by atoms with Gasteiger partial charge in [0, 0.05) is 31.7 Å². The Bertz CT molecular complexity index is 601. The van der Waals surface area contributed by atoms with Crippen molar-refractivity contribution in [3.8, 4) is 0 Å². The fraction of sp³-hybridized carbons (Fsp3) is 0.500. The van der Waals surface area contributed by atoms with Gasteiger partial charge in [0.2, 0.25) is 10.0 Å². The van der Waals surface area contributed by atoms with Gasteiger partial charge >= 0.3 is 0 Å². The van der Waals surface area contributed by atoms with E-state index >= 15 is 0 Å². The van der Waals surface area contributed by atoms with Crippen LogP contribution in [0, 0.1) is 0 Å². The van der Waals surface area contributed by atoms with Crippen molar-refractivity contribution in [1.29, 1.82) is 0 Å². The highest BCUT2D eigenvalue weighted by molar-refractivity contribution is 7.89. The van der Waals surface area contributed by atoms with Crippen molar-refractivity contribution in [2.75, 3.05) is 39.4 Å². The van der Waals surface area contributed by atoms with Gasteiger partial charge in [-0.3, -0.25) is 9.69 Å². The van der Waals surface area contributed by atoms with Crippen molar-refractivity contribution in [2.45, 2.75) is 11.8 Å². The molecule has 0 saturated carbocycles. The molecular weight excluding hydrogens is 328 g/mol. The third-order valence-corrected chi connectivity index (χ3v) is 4.83. The van der Waals surface area contributed by atoms with E-state index in [-0.39, 0.29) is 23.1 Å². The number of hydrogen-bond donors (Lipinski definition) is 1. The Labute approximate surface area is 137 Å². The maximum absolute atomic E-state index is 12.2. The van der Waals surface area contributed by atoms with Crippen LogP contribution in [0.15, 0.2) is 29.2 Å². The molecule has 0 unspecified atom stereocenters. The summed E-state index contributed by atoms with van der Waals surface area (Å²) in [5.41, 5.74) is 0.394. The second-order valence-electron chi connectivity index (χ2n) is 4.94. The number of benzene rings is 1. The maximum Gasteiger partial charge on any atom is 0.240 e. The van der Waals surface area contributed by atoms with E-state index in [0.29, 0.717) is 31.9 Å². The highest BCUT2D eigenvalue weighted by atomic mass is 35.5. The first-order chi connectivity index (χ1) is 9.99. The first-order valence-electron chi connectivity index (χ1n) is 6.90. The third kappa shape index (κ3) is 5.33. The number of carbonyl (C=O) groups excluding carboxylic acids is 1. The normalized spacial score (nSPS) is 16.0.